The molecule has 16 heteroatoms. The third-order valence-electron chi connectivity index (χ3n) is 8.80. The summed E-state index contributed by atoms with van der Waals surface area (Å²) in [5, 5.41) is 25.3. The highest BCUT2D eigenvalue weighted by Gasteiger charge is 2.44. The number of aliphatic hydroxyl groups excluding tert-OH is 1. The summed E-state index contributed by atoms with van der Waals surface area (Å²) in [5.41, 5.74) is 1.23. The molecule has 2 heterocycles. The van der Waals surface area contributed by atoms with E-state index in [0.29, 0.717) is 58.2 Å². The van der Waals surface area contributed by atoms with Gasteiger partial charge in [0.1, 0.15) is 17.9 Å². The Labute approximate surface area is 286 Å². The predicted octanol–water partition coefficient (Wildman–Crippen LogP) is 2.75. The zero-order valence-electron chi connectivity index (χ0n) is 28.1. The minimum Gasteiger partial charge on any atom is -0.465 e. The minimum absolute atomic E-state index is 0.0433. The van der Waals surface area contributed by atoms with Gasteiger partial charge in [-0.15, -0.1) is 6.58 Å². The molecule has 4 amide bonds. The lowest BCUT2D eigenvalue weighted by atomic mass is 10.00. The van der Waals surface area contributed by atoms with E-state index >= 15 is 0 Å². The molecule has 270 valence electrons. The minimum atomic E-state index is -4.38. The lowest BCUT2D eigenvalue weighted by molar-refractivity contribution is -0.133. The van der Waals surface area contributed by atoms with Gasteiger partial charge in [0.05, 0.1) is 24.7 Å². The fourth-order valence-electron chi connectivity index (χ4n) is 5.84. The molecular weight excluding hydrogens is 658 g/mol. The average molecular weight is 706 g/mol. The number of carbonyl (C=O) groups is 4. The second-order valence-corrected chi connectivity index (χ2v) is 14.8. The van der Waals surface area contributed by atoms with Gasteiger partial charge in [-0.1, -0.05) is 36.4 Å². The second-order valence-electron chi connectivity index (χ2n) is 13.5. The quantitative estimate of drug-likeness (QED) is 0.158. The SMILES string of the molecule is C=CCC(NC(=O)C1CCCN1C(O)CNC(=O)OC(C)(C)CCC=Cc1cccc2c1CN(C(=O)O)C2)C(=O)NS(=O)(=O)OC1(C)CC1. The number of alkyl carbamates (subject to hydrolysis) is 1. The van der Waals surface area contributed by atoms with Gasteiger partial charge in [0, 0.05) is 13.1 Å². The first-order valence-corrected chi connectivity index (χ1v) is 17.8. The lowest BCUT2D eigenvalue weighted by Crippen LogP contribution is -2.55. The zero-order valence-corrected chi connectivity index (χ0v) is 29.0. The number of amides is 4. The topological polar surface area (TPSA) is 204 Å². The monoisotopic (exact) mass is 705 g/mol. The fraction of sp³-hybridized carbons (Fsp3) is 0.576. The summed E-state index contributed by atoms with van der Waals surface area (Å²) in [6.45, 7) is 9.55. The van der Waals surface area contributed by atoms with Crippen LogP contribution >= 0.6 is 0 Å². The number of hydrogen-bond acceptors (Lipinski definition) is 10. The number of carbonyl (C=O) groups excluding carboxylic acids is 3. The number of carboxylic acid groups (broad SMARTS) is 1. The molecule has 4 rings (SSSR count). The molecule has 49 heavy (non-hydrogen) atoms. The van der Waals surface area contributed by atoms with Gasteiger partial charge >= 0.3 is 22.5 Å². The predicted molar refractivity (Wildman–Crippen MR) is 179 cm³/mol. The Hall–Kier alpha value is -3.99. The van der Waals surface area contributed by atoms with Crippen molar-refractivity contribution in [3.63, 3.8) is 0 Å². The molecule has 3 atom stereocenters. The molecule has 0 spiro atoms. The van der Waals surface area contributed by atoms with Crippen LogP contribution in [0.25, 0.3) is 6.08 Å². The average Bonchev–Trinajstić information content (AvgIpc) is 3.38. The van der Waals surface area contributed by atoms with Crippen LogP contribution in [-0.4, -0.2) is 95.0 Å². The molecule has 3 unspecified atom stereocenters. The number of nitrogens with one attached hydrogen (secondary N) is 3. The molecule has 0 aromatic heterocycles. The van der Waals surface area contributed by atoms with E-state index < -0.39 is 63.8 Å². The molecule has 1 saturated heterocycles. The summed E-state index contributed by atoms with van der Waals surface area (Å²) in [7, 11) is -4.38. The summed E-state index contributed by atoms with van der Waals surface area (Å²) in [4.78, 5) is 52.8. The Bertz CT molecular complexity index is 1560. The third-order valence-corrected chi connectivity index (χ3v) is 9.88. The summed E-state index contributed by atoms with van der Waals surface area (Å²) < 4.78 is 37.0. The van der Waals surface area contributed by atoms with E-state index in [-0.39, 0.29) is 13.0 Å². The van der Waals surface area contributed by atoms with Crippen molar-refractivity contribution in [3.8, 4) is 0 Å². The van der Waals surface area contributed by atoms with E-state index in [1.807, 2.05) is 35.1 Å². The van der Waals surface area contributed by atoms with E-state index in [4.69, 9.17) is 8.92 Å². The van der Waals surface area contributed by atoms with Crippen molar-refractivity contribution in [2.45, 2.75) is 108 Å². The number of benzene rings is 1. The maximum Gasteiger partial charge on any atom is 0.407 e. The summed E-state index contributed by atoms with van der Waals surface area (Å²) in [6.07, 6.45) is 5.42. The van der Waals surface area contributed by atoms with Crippen LogP contribution in [0, 0.1) is 0 Å². The van der Waals surface area contributed by atoms with Gasteiger partial charge < -0.3 is 25.6 Å². The molecule has 2 aliphatic heterocycles. The number of ether oxygens (including phenoxy) is 1. The standard InChI is InChI=1S/C33H47N5O10S/c1-5-10-25(28(40)36-49(45,46)48-33(4)16-17-33)35-29(41)26-14-9-18-38(26)27(39)19-34-30(42)47-32(2,3)15-7-6-11-22-12-8-13-23-20-37(31(43)44)21-24(22)23/h5-6,8,11-13,25-27,39H,1,7,9-10,14-21H2,2-4H3,(H,34,42)(H,35,41)(H,36,40)(H,43,44). The van der Waals surface area contributed by atoms with Crippen LogP contribution in [0.15, 0.2) is 36.9 Å². The molecule has 1 aliphatic carbocycles. The molecule has 15 nitrogen and oxygen atoms in total. The normalized spacial score (nSPS) is 19.9. The van der Waals surface area contributed by atoms with Crippen LogP contribution in [-0.2, 0) is 41.9 Å². The largest absolute Gasteiger partial charge is 0.465 e. The maximum atomic E-state index is 13.2. The first kappa shape index (κ1) is 37.8. The van der Waals surface area contributed by atoms with Gasteiger partial charge in [0.15, 0.2) is 0 Å². The highest BCUT2D eigenvalue weighted by molar-refractivity contribution is 7.85. The number of rotatable bonds is 16. The number of fused-ring (bicyclic) bond motifs is 1. The highest BCUT2D eigenvalue weighted by atomic mass is 32.2. The van der Waals surface area contributed by atoms with Crippen LogP contribution < -0.4 is 15.4 Å². The van der Waals surface area contributed by atoms with E-state index in [1.54, 1.807) is 20.8 Å². The fourth-order valence-corrected chi connectivity index (χ4v) is 6.97. The number of likely N-dealkylation sites (tertiary alicyclic amines) is 1. The molecule has 3 aliphatic rings. The van der Waals surface area contributed by atoms with Gasteiger partial charge in [-0.2, -0.15) is 8.42 Å². The molecule has 0 radical (unpaired) electrons. The molecule has 1 aromatic rings. The van der Waals surface area contributed by atoms with Crippen molar-refractivity contribution in [2.24, 2.45) is 0 Å². The molecule has 1 aromatic carbocycles. The van der Waals surface area contributed by atoms with E-state index in [0.717, 1.165) is 16.7 Å². The molecule has 5 N–H and O–H groups in total. The zero-order chi connectivity index (χ0) is 36.0. The van der Waals surface area contributed by atoms with Crippen molar-refractivity contribution in [2.75, 3.05) is 13.1 Å². The molecule has 2 fully saturated rings. The first-order valence-electron chi connectivity index (χ1n) is 16.4. The van der Waals surface area contributed by atoms with Crippen molar-refractivity contribution < 1.29 is 46.7 Å². The van der Waals surface area contributed by atoms with Gasteiger partial charge in [-0.05, 0) is 82.4 Å². The molecule has 1 saturated carbocycles. The third kappa shape index (κ3) is 10.7. The number of aliphatic hydroxyl groups is 1. The van der Waals surface area contributed by atoms with Crippen LogP contribution in [0.5, 0.6) is 0 Å². The maximum absolute atomic E-state index is 13.2. The second kappa shape index (κ2) is 15.7. The Balaban J connectivity index is 1.22. The van der Waals surface area contributed by atoms with E-state index in [9.17, 15) is 37.8 Å². The first-order chi connectivity index (χ1) is 23.0. The number of allylic oxidation sites excluding steroid dienone is 1. The van der Waals surface area contributed by atoms with Gasteiger partial charge in [0.25, 0.3) is 5.91 Å². The summed E-state index contributed by atoms with van der Waals surface area (Å²) in [5.74, 6) is -1.55. The van der Waals surface area contributed by atoms with Crippen LogP contribution in [0.3, 0.4) is 0 Å². The van der Waals surface area contributed by atoms with Gasteiger partial charge in [-0.25, -0.2) is 18.5 Å². The van der Waals surface area contributed by atoms with Crippen LogP contribution in [0.4, 0.5) is 9.59 Å². The number of nitrogens with zero attached hydrogens (tertiary/aromatic N) is 2. The molecular formula is C33H47N5O10S. The summed E-state index contributed by atoms with van der Waals surface area (Å²) in [6, 6.07) is 3.69. The van der Waals surface area contributed by atoms with E-state index in [2.05, 4.69) is 17.2 Å². The van der Waals surface area contributed by atoms with Crippen LogP contribution in [0.1, 0.15) is 82.4 Å². The van der Waals surface area contributed by atoms with Crippen LogP contribution in [0.2, 0.25) is 0 Å². The Morgan fingerprint density at radius 3 is 2.61 bits per heavy atom. The van der Waals surface area contributed by atoms with Crippen molar-refractivity contribution in [1.29, 1.82) is 0 Å². The Kier molecular flexibility index (Phi) is 12.1. The molecule has 0 bridgehead atoms. The smallest absolute Gasteiger partial charge is 0.407 e. The van der Waals surface area contributed by atoms with Gasteiger partial charge in [0.2, 0.25) is 5.91 Å². The Morgan fingerprint density at radius 2 is 1.94 bits per heavy atom. The van der Waals surface area contributed by atoms with Crippen molar-refractivity contribution >= 4 is 40.4 Å². The lowest BCUT2D eigenvalue weighted by Gasteiger charge is -2.30. The number of hydrogen-bond donors (Lipinski definition) is 5. The van der Waals surface area contributed by atoms with Crippen molar-refractivity contribution in [3.05, 3.63) is 53.6 Å². The Morgan fingerprint density at radius 1 is 1.20 bits per heavy atom. The van der Waals surface area contributed by atoms with Crippen molar-refractivity contribution in [1.82, 2.24) is 25.2 Å². The van der Waals surface area contributed by atoms with E-state index in [1.165, 1.54) is 15.9 Å². The van der Waals surface area contributed by atoms with Gasteiger partial charge in [-0.3, -0.25) is 19.4 Å². The highest BCUT2D eigenvalue weighted by Crippen LogP contribution is 2.39. The summed E-state index contributed by atoms with van der Waals surface area (Å²) >= 11 is 0.